The van der Waals surface area contributed by atoms with E-state index in [4.69, 9.17) is 71.1 Å². The van der Waals surface area contributed by atoms with Crippen LogP contribution >= 0.6 is 0 Å². The Hall–Kier alpha value is -1.70. The van der Waals surface area contributed by atoms with Crippen molar-refractivity contribution in [2.75, 3.05) is 39.6 Å². The molecule has 36 nitrogen and oxygen atoms in total. The molecule has 8 saturated heterocycles. The van der Waals surface area contributed by atoms with Crippen LogP contribution < -0.4 is 0 Å². The highest BCUT2D eigenvalue weighted by Gasteiger charge is 2.69. The molecule has 8 aliphatic heterocycles. The second-order valence-electron chi connectivity index (χ2n) is 31.8. The molecule has 11 fully saturated rings. The van der Waals surface area contributed by atoms with Crippen molar-refractivity contribution in [2.45, 2.75) is 326 Å². The van der Waals surface area contributed by atoms with E-state index in [0.717, 1.165) is 32.1 Å². The van der Waals surface area contributed by atoms with Gasteiger partial charge in [0.15, 0.2) is 49.8 Å². The molecule has 12 rings (SSSR count). The van der Waals surface area contributed by atoms with Crippen molar-refractivity contribution in [3.8, 4) is 0 Å². The summed E-state index contributed by atoms with van der Waals surface area (Å²) in [6.07, 6.45) is -51.5. The van der Waals surface area contributed by atoms with Crippen molar-refractivity contribution in [3.63, 3.8) is 0 Å². The van der Waals surface area contributed by atoms with E-state index in [0.29, 0.717) is 43.4 Å². The van der Waals surface area contributed by atoms with E-state index in [-0.39, 0.29) is 41.3 Å². The Balaban J connectivity index is 0.681. The molecule has 45 atom stereocenters. The first-order valence-electron chi connectivity index (χ1n) is 36.7. The van der Waals surface area contributed by atoms with Crippen molar-refractivity contribution in [2.24, 2.45) is 46.3 Å². The Morgan fingerprint density at radius 2 is 0.990 bits per heavy atom. The summed E-state index contributed by atoms with van der Waals surface area (Å²) in [5.41, 5.74) is 0.874. The molecule has 21 N–H and O–H groups in total. The number of fused-ring (bicyclic) bond motifs is 7. The van der Waals surface area contributed by atoms with Crippen LogP contribution in [0.15, 0.2) is 11.6 Å². The summed E-state index contributed by atoms with van der Waals surface area (Å²) in [6, 6.07) is 0. The lowest BCUT2D eigenvalue weighted by atomic mass is 9.47. The van der Waals surface area contributed by atoms with Gasteiger partial charge in [-0.1, -0.05) is 39.3 Å². The Morgan fingerprint density at radius 1 is 0.481 bits per heavy atom. The summed E-state index contributed by atoms with van der Waals surface area (Å²) in [5.74, 6) is -0.608. The normalized spacial score (nSPS) is 55.2. The maximum atomic E-state index is 12.3. The molecular formula is C68H112O36. The van der Waals surface area contributed by atoms with Gasteiger partial charge in [0, 0.05) is 12.3 Å². The summed E-state index contributed by atoms with van der Waals surface area (Å²) in [6.45, 7) is 7.48. The first-order valence-corrected chi connectivity index (χ1v) is 36.7. The van der Waals surface area contributed by atoms with E-state index >= 15 is 0 Å². The van der Waals surface area contributed by atoms with Crippen molar-refractivity contribution >= 4 is 0 Å². The van der Waals surface area contributed by atoms with Crippen LogP contribution in [-0.4, -0.2) is 374 Å². The average molecular weight is 1510 g/mol. The molecule has 8 heterocycles. The predicted molar refractivity (Wildman–Crippen MR) is 341 cm³/mol. The Morgan fingerprint density at radius 3 is 1.65 bits per heavy atom. The number of hydrogen-bond acceptors (Lipinski definition) is 36. The van der Waals surface area contributed by atoms with Crippen molar-refractivity contribution < 1.29 is 178 Å². The maximum Gasteiger partial charge on any atom is 0.187 e. The third-order valence-electron chi connectivity index (χ3n) is 25.4. The van der Waals surface area contributed by atoms with Gasteiger partial charge < -0.3 is 178 Å². The molecule has 104 heavy (non-hydrogen) atoms. The Bertz CT molecular complexity index is 2820. The smallest absolute Gasteiger partial charge is 0.187 e. The molecular weight excluding hydrogens is 1390 g/mol. The number of allylic oxidation sites excluding steroid dienone is 1. The largest absolute Gasteiger partial charge is 0.394 e. The number of ether oxygens (including phenoxy) is 15. The highest BCUT2D eigenvalue weighted by molar-refractivity contribution is 5.27. The molecule has 0 amide bonds. The van der Waals surface area contributed by atoms with Gasteiger partial charge in [-0.2, -0.15) is 0 Å². The molecule has 0 aromatic rings. The monoisotopic (exact) mass is 1500 g/mol. The molecule has 0 aromatic carbocycles. The van der Waals surface area contributed by atoms with E-state index in [2.05, 4.69) is 26.8 Å². The first-order chi connectivity index (χ1) is 49.2. The van der Waals surface area contributed by atoms with Crippen LogP contribution in [0.5, 0.6) is 0 Å². The van der Waals surface area contributed by atoms with Gasteiger partial charge in [-0.25, -0.2) is 0 Å². The molecule has 600 valence electrons. The molecule has 0 radical (unpaired) electrons. The van der Waals surface area contributed by atoms with Gasteiger partial charge in [-0.05, 0) is 106 Å². The minimum atomic E-state index is -2.25. The van der Waals surface area contributed by atoms with Gasteiger partial charge >= 0.3 is 0 Å². The van der Waals surface area contributed by atoms with Gasteiger partial charge in [0.2, 0.25) is 0 Å². The summed E-state index contributed by atoms with van der Waals surface area (Å²) < 4.78 is 90.0. The summed E-state index contributed by atoms with van der Waals surface area (Å²) in [5, 5.41) is 230. The molecule has 0 bridgehead atoms. The van der Waals surface area contributed by atoms with Crippen LogP contribution in [0.2, 0.25) is 0 Å². The van der Waals surface area contributed by atoms with E-state index < -0.39 is 254 Å². The lowest BCUT2D eigenvalue weighted by Crippen LogP contribution is -2.69. The highest BCUT2D eigenvalue weighted by Crippen LogP contribution is 2.70. The van der Waals surface area contributed by atoms with Crippen LogP contribution in [0.25, 0.3) is 0 Å². The quantitative estimate of drug-likeness (QED) is 0.0448. The zero-order valence-electron chi connectivity index (χ0n) is 58.9. The molecule has 4 aliphatic carbocycles. The third kappa shape index (κ3) is 15.3. The fourth-order valence-corrected chi connectivity index (χ4v) is 19.1. The number of aliphatic hydroxyl groups is 21. The summed E-state index contributed by atoms with van der Waals surface area (Å²) in [4.78, 5) is 0. The number of rotatable bonds is 22. The van der Waals surface area contributed by atoms with Gasteiger partial charge in [0.05, 0.1) is 64.1 Å². The van der Waals surface area contributed by atoms with Gasteiger partial charge in [0.25, 0.3) is 0 Å². The van der Waals surface area contributed by atoms with E-state index in [9.17, 15) is 107 Å². The Kier molecular flexibility index (Phi) is 25.8. The molecule has 12 aliphatic rings. The zero-order chi connectivity index (χ0) is 75.2. The van der Waals surface area contributed by atoms with Crippen LogP contribution in [0.4, 0.5) is 0 Å². The molecule has 3 saturated carbocycles. The number of aliphatic hydroxyl groups excluding tert-OH is 20. The fraction of sp³-hybridized carbons (Fsp3) is 0.971. The van der Waals surface area contributed by atoms with Crippen molar-refractivity contribution in [1.82, 2.24) is 0 Å². The summed E-state index contributed by atoms with van der Waals surface area (Å²) >= 11 is 0. The lowest BCUT2D eigenvalue weighted by molar-refractivity contribution is -0.409. The molecule has 0 spiro atoms. The van der Waals surface area contributed by atoms with Gasteiger partial charge in [-0.15, -0.1) is 0 Å². The lowest BCUT2D eigenvalue weighted by Gasteiger charge is -2.58. The minimum absolute atomic E-state index is 0.101. The van der Waals surface area contributed by atoms with Crippen LogP contribution in [0.3, 0.4) is 0 Å². The van der Waals surface area contributed by atoms with Crippen LogP contribution in [0.1, 0.15) is 99.3 Å². The third-order valence-corrected chi connectivity index (χ3v) is 25.4. The van der Waals surface area contributed by atoms with Crippen molar-refractivity contribution in [1.29, 1.82) is 0 Å². The van der Waals surface area contributed by atoms with Crippen LogP contribution in [-0.2, 0) is 71.1 Å². The predicted octanol–water partition coefficient (Wildman–Crippen LogP) is -7.87. The topological polar surface area (TPSA) is 563 Å². The zero-order valence-corrected chi connectivity index (χ0v) is 58.9. The minimum Gasteiger partial charge on any atom is -0.394 e. The van der Waals surface area contributed by atoms with Gasteiger partial charge in [-0.3, -0.25) is 0 Å². The fourth-order valence-electron chi connectivity index (χ4n) is 19.1. The second-order valence-corrected chi connectivity index (χ2v) is 31.8. The highest BCUT2D eigenvalue weighted by atomic mass is 16.8. The average Bonchev–Trinajstić information content (AvgIpc) is 1.62. The molecule has 0 aromatic heterocycles. The van der Waals surface area contributed by atoms with E-state index in [1.54, 1.807) is 0 Å². The van der Waals surface area contributed by atoms with Crippen LogP contribution in [0, 0.1) is 46.3 Å². The van der Waals surface area contributed by atoms with E-state index in [1.165, 1.54) is 19.4 Å². The van der Waals surface area contributed by atoms with Gasteiger partial charge in [0.1, 0.15) is 153 Å². The first kappa shape index (κ1) is 81.8. The molecule has 36 heteroatoms. The molecule has 7 unspecified atom stereocenters. The Labute approximate surface area is 600 Å². The summed E-state index contributed by atoms with van der Waals surface area (Å²) in [7, 11) is 0. The second kappa shape index (κ2) is 32.8. The maximum absolute atomic E-state index is 12.3. The standard InChI is InChI=1S/C68H112O36/c1-23(21-90-59-49(84)44(79)41(76)34(17-69)95-59)9-14-68(89)24(2)38-33(104-68)16-31-29-8-7-27-15-28(10-12-66(27,5)30(29)11-13-67(31,38)6)94-63-52(87)47(82)55(36(19-71)97-63)100-65-58(45(80)42(77)35(18-70)96-65)103-64-53(88)57(102-60-48(83)40(75)32(73)22-91-60)56(37(20-72)98-64)101-62-51(86)46(81)54(26(4)93-62)99-61-50(85)43(78)39(74)25(3)92-61/h7,23-26,28-65,69-89H,8-22H2,1-6H3/t23?,24?,25-,26-,28-,29?,30?,31?,32-,33?,34+,35+,36+,37+,38?,39-,40+,41+,42+,43+,44-,45-,46-,47+,48-,49+,50+,51+,52+,53+,54-,55-,56+,57+,58+,59+,60+,61-,62-,63+,64-,65-,66-,67-,68+/m0/s1. The van der Waals surface area contributed by atoms with E-state index in [1.807, 2.05) is 6.92 Å². The SMILES string of the molecule is CC(CC[C@@]1(O)OC2CC3C4CC=C5C[C@@H](O[C@@H]6O[C@H](CO)[C@H](O[C@@H]7O[C@H](CO)[C@@H](O)[C@H](O)[C@H]7O[C@@H]7O[C@H](CO)[C@@H](O[C@@H]8O[C@@H](C)[C@H](O[C@@H]9O[C@@H](C)[C@H](O)[C@@H](O)[C@H]9O)[C@@H](O)[C@H]8O)[C@H](O[C@H]8OC[C@H](O)[C@@H](O)[C@@H]8O)[C@H]7O)[C@H](O)[C@H]6O)CC[C@]5(C)C4CC[C@]3(C)C2C1C)CO[C@@H]1O[C@H](CO)[C@@H](O)[C@H](O)[C@H]1O. The number of hydrogen-bond donors (Lipinski definition) is 21. The van der Waals surface area contributed by atoms with Crippen molar-refractivity contribution in [3.05, 3.63) is 11.6 Å².